The molecule has 0 aromatic rings. The van der Waals surface area contributed by atoms with Gasteiger partial charge in [-0.05, 0) is 57.7 Å². The zero-order chi connectivity index (χ0) is 14.1. The Morgan fingerprint density at radius 1 is 1.15 bits per heavy atom. The smallest absolute Gasteiger partial charge is 0.320 e. The monoisotopic (exact) mass is 280 g/mol. The van der Waals surface area contributed by atoms with Crippen LogP contribution in [0.3, 0.4) is 0 Å². The quantitative estimate of drug-likeness (QED) is 0.860. The predicted molar refractivity (Wildman–Crippen MR) is 78.8 cm³/mol. The first-order chi connectivity index (χ1) is 9.70. The molecule has 3 unspecified atom stereocenters. The van der Waals surface area contributed by atoms with Gasteiger partial charge in [-0.2, -0.15) is 0 Å². The van der Waals surface area contributed by atoms with Crippen molar-refractivity contribution >= 4 is 5.97 Å². The highest BCUT2D eigenvalue weighted by Gasteiger charge is 2.48. The SMILES string of the molecule is CCN1CCC(N2C(C(=O)O)CC3CCCCC32)CC1. The minimum Gasteiger partial charge on any atom is -0.480 e. The van der Waals surface area contributed by atoms with Gasteiger partial charge in [0.2, 0.25) is 0 Å². The predicted octanol–water partition coefficient (Wildman–Crippen LogP) is 2.19. The van der Waals surface area contributed by atoms with E-state index in [2.05, 4.69) is 16.7 Å². The van der Waals surface area contributed by atoms with E-state index in [1.165, 1.54) is 25.7 Å². The summed E-state index contributed by atoms with van der Waals surface area (Å²) in [5.74, 6) is 0.0615. The fraction of sp³-hybridized carbons (Fsp3) is 0.938. The number of nitrogens with zero attached hydrogens (tertiary/aromatic N) is 2. The maximum Gasteiger partial charge on any atom is 0.320 e. The van der Waals surface area contributed by atoms with Gasteiger partial charge in [-0.15, -0.1) is 0 Å². The summed E-state index contributed by atoms with van der Waals surface area (Å²) in [7, 11) is 0. The average Bonchev–Trinajstić information content (AvgIpc) is 2.87. The molecule has 3 aliphatic rings. The molecule has 1 saturated carbocycles. The molecule has 0 spiro atoms. The standard InChI is InChI=1S/C16H28N2O2/c1-2-17-9-7-13(8-10-17)18-14-6-4-3-5-12(14)11-15(18)16(19)20/h12-15H,2-11H2,1H3,(H,19,20). The first kappa shape index (κ1) is 14.3. The number of rotatable bonds is 3. The number of carbonyl (C=O) groups is 1. The summed E-state index contributed by atoms with van der Waals surface area (Å²) in [5.41, 5.74) is 0. The van der Waals surface area contributed by atoms with Crippen LogP contribution in [0.1, 0.15) is 51.9 Å². The van der Waals surface area contributed by atoms with Crippen molar-refractivity contribution in [3.05, 3.63) is 0 Å². The van der Waals surface area contributed by atoms with Gasteiger partial charge in [-0.25, -0.2) is 0 Å². The van der Waals surface area contributed by atoms with Crippen LogP contribution < -0.4 is 0 Å². The number of aliphatic carboxylic acids is 1. The van der Waals surface area contributed by atoms with Crippen LogP contribution in [0.4, 0.5) is 0 Å². The van der Waals surface area contributed by atoms with Crippen molar-refractivity contribution in [1.29, 1.82) is 0 Å². The second-order valence-electron chi connectivity index (χ2n) is 6.81. The summed E-state index contributed by atoms with van der Waals surface area (Å²) in [4.78, 5) is 16.6. The molecule has 1 aliphatic carbocycles. The number of likely N-dealkylation sites (tertiary alicyclic amines) is 2. The number of piperidine rings is 1. The van der Waals surface area contributed by atoms with Crippen LogP contribution in [0, 0.1) is 5.92 Å². The van der Waals surface area contributed by atoms with Gasteiger partial charge < -0.3 is 10.0 Å². The fourth-order valence-electron chi connectivity index (χ4n) is 4.78. The zero-order valence-electron chi connectivity index (χ0n) is 12.6. The van der Waals surface area contributed by atoms with Gasteiger partial charge in [-0.1, -0.05) is 19.8 Å². The molecule has 0 radical (unpaired) electrons. The number of carboxylic acid groups (broad SMARTS) is 1. The Bertz CT molecular complexity index is 352. The normalized spacial score (nSPS) is 37.0. The highest BCUT2D eigenvalue weighted by atomic mass is 16.4. The number of fused-ring (bicyclic) bond motifs is 1. The van der Waals surface area contributed by atoms with E-state index in [0.717, 1.165) is 38.9 Å². The van der Waals surface area contributed by atoms with E-state index in [4.69, 9.17) is 0 Å². The average molecular weight is 280 g/mol. The molecule has 1 N–H and O–H groups in total. The van der Waals surface area contributed by atoms with Crippen LogP contribution in [0.5, 0.6) is 0 Å². The molecule has 2 saturated heterocycles. The van der Waals surface area contributed by atoms with Crippen molar-refractivity contribution in [3.8, 4) is 0 Å². The maximum absolute atomic E-state index is 11.7. The van der Waals surface area contributed by atoms with E-state index >= 15 is 0 Å². The number of carboxylic acids is 1. The largest absolute Gasteiger partial charge is 0.480 e. The van der Waals surface area contributed by atoms with E-state index in [1.54, 1.807) is 0 Å². The summed E-state index contributed by atoms with van der Waals surface area (Å²) in [6.45, 7) is 5.62. The van der Waals surface area contributed by atoms with Crippen molar-refractivity contribution in [2.75, 3.05) is 19.6 Å². The van der Waals surface area contributed by atoms with Crippen LogP contribution in [-0.4, -0.2) is 58.6 Å². The minimum atomic E-state index is -0.586. The first-order valence-electron chi connectivity index (χ1n) is 8.43. The number of hydrogen-bond donors (Lipinski definition) is 1. The third-order valence-corrected chi connectivity index (χ3v) is 5.85. The lowest BCUT2D eigenvalue weighted by atomic mass is 9.84. The first-order valence-corrected chi connectivity index (χ1v) is 8.43. The van der Waals surface area contributed by atoms with Crippen molar-refractivity contribution in [3.63, 3.8) is 0 Å². The minimum absolute atomic E-state index is 0.207. The fourth-order valence-corrected chi connectivity index (χ4v) is 4.78. The van der Waals surface area contributed by atoms with Gasteiger partial charge in [0.05, 0.1) is 0 Å². The molecule has 3 atom stereocenters. The Balaban J connectivity index is 1.72. The lowest BCUT2D eigenvalue weighted by molar-refractivity contribution is -0.144. The van der Waals surface area contributed by atoms with E-state index in [1.807, 2.05) is 0 Å². The second kappa shape index (κ2) is 6.02. The van der Waals surface area contributed by atoms with E-state index in [0.29, 0.717) is 18.0 Å². The molecule has 3 rings (SSSR count). The maximum atomic E-state index is 11.7. The van der Waals surface area contributed by atoms with Gasteiger partial charge in [0.15, 0.2) is 0 Å². The molecule has 0 amide bonds. The summed E-state index contributed by atoms with van der Waals surface area (Å²) >= 11 is 0. The Kier molecular flexibility index (Phi) is 4.32. The van der Waals surface area contributed by atoms with Gasteiger partial charge >= 0.3 is 5.97 Å². The highest BCUT2D eigenvalue weighted by molar-refractivity contribution is 5.74. The third kappa shape index (κ3) is 2.60. The van der Waals surface area contributed by atoms with Crippen LogP contribution in [-0.2, 0) is 4.79 Å². The third-order valence-electron chi connectivity index (χ3n) is 5.85. The van der Waals surface area contributed by atoms with Gasteiger partial charge in [0.25, 0.3) is 0 Å². The molecular formula is C16H28N2O2. The Hall–Kier alpha value is -0.610. The van der Waals surface area contributed by atoms with Crippen LogP contribution >= 0.6 is 0 Å². The Morgan fingerprint density at radius 2 is 1.85 bits per heavy atom. The lowest BCUT2D eigenvalue weighted by Gasteiger charge is -2.42. The second-order valence-corrected chi connectivity index (χ2v) is 6.81. The van der Waals surface area contributed by atoms with Gasteiger partial charge in [0.1, 0.15) is 6.04 Å². The summed E-state index contributed by atoms with van der Waals surface area (Å²) in [6, 6.07) is 0.858. The lowest BCUT2D eigenvalue weighted by Crippen LogP contribution is -2.52. The Labute approximate surface area is 122 Å². The molecule has 2 heterocycles. The topological polar surface area (TPSA) is 43.8 Å². The molecular weight excluding hydrogens is 252 g/mol. The van der Waals surface area contributed by atoms with Crippen LogP contribution in [0.25, 0.3) is 0 Å². The van der Waals surface area contributed by atoms with Crippen molar-refractivity contribution in [1.82, 2.24) is 9.80 Å². The molecule has 2 aliphatic heterocycles. The molecule has 114 valence electrons. The van der Waals surface area contributed by atoms with Crippen molar-refractivity contribution in [2.45, 2.75) is 70.0 Å². The van der Waals surface area contributed by atoms with Crippen LogP contribution in [0.15, 0.2) is 0 Å². The molecule has 0 bridgehead atoms. The summed E-state index contributed by atoms with van der Waals surface area (Å²) < 4.78 is 0. The molecule has 0 aromatic carbocycles. The van der Waals surface area contributed by atoms with Crippen molar-refractivity contribution in [2.24, 2.45) is 5.92 Å². The molecule has 3 fully saturated rings. The van der Waals surface area contributed by atoms with Crippen LogP contribution in [0.2, 0.25) is 0 Å². The highest BCUT2D eigenvalue weighted by Crippen LogP contribution is 2.42. The molecule has 4 heteroatoms. The molecule has 4 nitrogen and oxygen atoms in total. The number of hydrogen-bond acceptors (Lipinski definition) is 3. The molecule has 0 aromatic heterocycles. The summed E-state index contributed by atoms with van der Waals surface area (Å²) in [5, 5.41) is 9.61. The summed E-state index contributed by atoms with van der Waals surface area (Å²) in [6.07, 6.45) is 8.27. The zero-order valence-corrected chi connectivity index (χ0v) is 12.6. The van der Waals surface area contributed by atoms with Gasteiger partial charge in [0, 0.05) is 12.1 Å². The molecule has 20 heavy (non-hydrogen) atoms. The van der Waals surface area contributed by atoms with Gasteiger partial charge in [-0.3, -0.25) is 9.69 Å². The van der Waals surface area contributed by atoms with E-state index in [-0.39, 0.29) is 6.04 Å². The Morgan fingerprint density at radius 3 is 2.50 bits per heavy atom. The van der Waals surface area contributed by atoms with E-state index in [9.17, 15) is 9.90 Å². The van der Waals surface area contributed by atoms with E-state index < -0.39 is 5.97 Å². The van der Waals surface area contributed by atoms with Crippen molar-refractivity contribution < 1.29 is 9.90 Å².